The fraction of sp³-hybridized carbons (Fsp3) is 0.412. The Morgan fingerprint density at radius 1 is 1.26 bits per heavy atom. The number of fused-ring (bicyclic) bond motifs is 1. The van der Waals surface area contributed by atoms with Gasteiger partial charge >= 0.3 is 0 Å². The Hall–Kier alpha value is -1.85. The van der Waals surface area contributed by atoms with Crippen LogP contribution in [0.4, 0.5) is 0 Å². The molecule has 1 aromatic heterocycles. The Bertz CT molecular complexity index is 743. The van der Waals surface area contributed by atoms with Crippen molar-refractivity contribution in [1.29, 1.82) is 0 Å². The highest BCUT2D eigenvalue weighted by molar-refractivity contribution is 6.30. The van der Waals surface area contributed by atoms with Crippen LogP contribution in [0, 0.1) is 6.92 Å². The molecule has 0 radical (unpaired) electrons. The Labute approximate surface area is 140 Å². The van der Waals surface area contributed by atoms with Crippen LogP contribution in [0.5, 0.6) is 0 Å². The lowest BCUT2D eigenvalue weighted by Crippen LogP contribution is -2.38. The van der Waals surface area contributed by atoms with Gasteiger partial charge in [0.25, 0.3) is 0 Å². The molecule has 2 fully saturated rings. The van der Waals surface area contributed by atoms with Crippen molar-refractivity contribution in [2.75, 3.05) is 6.54 Å². The maximum absolute atomic E-state index is 12.3. The van der Waals surface area contributed by atoms with E-state index in [0.717, 1.165) is 42.8 Å². The third-order valence-electron chi connectivity index (χ3n) is 4.78. The van der Waals surface area contributed by atoms with Crippen LogP contribution in [0.25, 0.3) is 5.69 Å². The number of carbonyl (C=O) groups excluding carboxylic acids is 1. The van der Waals surface area contributed by atoms with Crippen molar-refractivity contribution < 1.29 is 4.79 Å². The quantitative estimate of drug-likeness (QED) is 0.921. The molecule has 4 rings (SSSR count). The zero-order chi connectivity index (χ0) is 16.0. The van der Waals surface area contributed by atoms with Crippen LogP contribution in [-0.2, 0) is 4.79 Å². The number of amides is 1. The number of piperidine rings is 1. The number of rotatable bonds is 2. The molecule has 2 aliphatic heterocycles. The molecule has 6 heteroatoms. The summed E-state index contributed by atoms with van der Waals surface area (Å²) in [5.41, 5.74) is 2.69. The van der Waals surface area contributed by atoms with E-state index in [1.165, 1.54) is 0 Å². The molecule has 2 aliphatic rings. The summed E-state index contributed by atoms with van der Waals surface area (Å²) < 4.78 is 1.75. The first-order valence-electron chi connectivity index (χ1n) is 8.03. The number of benzene rings is 1. The van der Waals surface area contributed by atoms with Crippen LogP contribution in [0.3, 0.4) is 0 Å². The topological polar surface area (TPSA) is 50.2 Å². The predicted octanol–water partition coefficient (Wildman–Crippen LogP) is 2.82. The monoisotopic (exact) mass is 330 g/mol. The molecule has 23 heavy (non-hydrogen) atoms. The van der Waals surface area contributed by atoms with Gasteiger partial charge in [-0.05, 0) is 31.9 Å². The van der Waals surface area contributed by atoms with Gasteiger partial charge < -0.3 is 5.32 Å². The van der Waals surface area contributed by atoms with Crippen LogP contribution in [0.15, 0.2) is 30.3 Å². The Morgan fingerprint density at radius 3 is 2.83 bits per heavy atom. The normalized spacial score (nSPS) is 24.5. The van der Waals surface area contributed by atoms with Crippen molar-refractivity contribution in [3.05, 3.63) is 46.7 Å². The lowest BCUT2D eigenvalue weighted by molar-refractivity contribution is -0.122. The number of halogens is 1. The molecular weight excluding hydrogens is 312 g/mol. The van der Waals surface area contributed by atoms with Crippen molar-refractivity contribution in [2.24, 2.45) is 0 Å². The lowest BCUT2D eigenvalue weighted by Gasteiger charge is -2.31. The number of hydrogen-bond donors (Lipinski definition) is 1. The zero-order valence-electron chi connectivity index (χ0n) is 13.0. The molecule has 0 bridgehead atoms. The highest BCUT2D eigenvalue weighted by atomic mass is 35.5. The van der Waals surface area contributed by atoms with Gasteiger partial charge in [-0.3, -0.25) is 9.69 Å². The van der Waals surface area contributed by atoms with Crippen molar-refractivity contribution in [3.8, 4) is 5.69 Å². The second kappa shape index (κ2) is 5.65. The summed E-state index contributed by atoms with van der Waals surface area (Å²) in [5, 5.41) is 8.28. The van der Waals surface area contributed by atoms with Gasteiger partial charge in [-0.2, -0.15) is 5.10 Å². The molecule has 1 aromatic carbocycles. The highest BCUT2D eigenvalue weighted by Crippen LogP contribution is 2.37. The molecule has 0 spiro atoms. The van der Waals surface area contributed by atoms with Gasteiger partial charge in [-0.25, -0.2) is 4.68 Å². The second-order valence-electron chi connectivity index (χ2n) is 6.20. The third kappa shape index (κ3) is 2.35. The van der Waals surface area contributed by atoms with Crippen molar-refractivity contribution in [1.82, 2.24) is 20.0 Å². The molecular formula is C17H19ClN4O. The van der Waals surface area contributed by atoms with Crippen LogP contribution >= 0.6 is 11.6 Å². The number of carbonyl (C=O) groups is 1. The first-order chi connectivity index (χ1) is 11.2. The molecule has 1 N–H and O–H groups in total. The average molecular weight is 331 g/mol. The van der Waals surface area contributed by atoms with E-state index in [2.05, 4.69) is 15.3 Å². The van der Waals surface area contributed by atoms with Gasteiger partial charge in [-0.15, -0.1) is 0 Å². The number of nitrogens with zero attached hydrogens (tertiary/aromatic N) is 3. The molecule has 1 amide bonds. The van der Waals surface area contributed by atoms with E-state index in [-0.39, 0.29) is 18.1 Å². The summed E-state index contributed by atoms with van der Waals surface area (Å²) in [7, 11) is 0. The zero-order valence-corrected chi connectivity index (χ0v) is 13.8. The fourth-order valence-corrected chi connectivity index (χ4v) is 4.03. The molecule has 2 unspecified atom stereocenters. The van der Waals surface area contributed by atoms with Crippen molar-refractivity contribution in [2.45, 2.75) is 38.4 Å². The number of aryl methyl sites for hydroxylation is 1. The maximum atomic E-state index is 12.3. The average Bonchev–Trinajstić information content (AvgIpc) is 3.06. The number of aromatic nitrogens is 2. The van der Waals surface area contributed by atoms with Gasteiger partial charge in [0.1, 0.15) is 11.3 Å². The minimum Gasteiger partial charge on any atom is -0.335 e. The number of nitrogens with one attached hydrogen (secondary N) is 1. The minimum atomic E-state index is -0.169. The van der Waals surface area contributed by atoms with E-state index < -0.39 is 0 Å². The van der Waals surface area contributed by atoms with Gasteiger partial charge in [0, 0.05) is 12.1 Å². The highest BCUT2D eigenvalue weighted by Gasteiger charge is 2.43. The van der Waals surface area contributed by atoms with E-state index in [1.807, 2.05) is 37.3 Å². The second-order valence-corrected chi connectivity index (χ2v) is 6.56. The van der Waals surface area contributed by atoms with Crippen LogP contribution < -0.4 is 5.32 Å². The predicted molar refractivity (Wildman–Crippen MR) is 88.5 cm³/mol. The molecule has 0 aliphatic carbocycles. The first kappa shape index (κ1) is 14.7. The Balaban J connectivity index is 1.75. The Kier molecular flexibility index (Phi) is 3.62. The first-order valence-corrected chi connectivity index (χ1v) is 8.41. The lowest BCUT2D eigenvalue weighted by atomic mass is 10.0. The van der Waals surface area contributed by atoms with Crippen LogP contribution in [-0.4, -0.2) is 33.2 Å². The molecule has 120 valence electrons. The molecule has 0 saturated carbocycles. The summed E-state index contributed by atoms with van der Waals surface area (Å²) in [6.07, 6.45) is 2.98. The van der Waals surface area contributed by atoms with Crippen molar-refractivity contribution in [3.63, 3.8) is 0 Å². The largest absolute Gasteiger partial charge is 0.335 e. The van der Waals surface area contributed by atoms with Crippen LogP contribution in [0.1, 0.15) is 36.7 Å². The molecule has 2 atom stereocenters. The molecule has 2 aromatic rings. The summed E-state index contributed by atoms with van der Waals surface area (Å²) in [5.74, 6) is 0.109. The van der Waals surface area contributed by atoms with E-state index in [9.17, 15) is 4.79 Å². The van der Waals surface area contributed by atoms with Crippen LogP contribution in [0.2, 0.25) is 5.15 Å². The van der Waals surface area contributed by atoms with E-state index in [1.54, 1.807) is 4.68 Å². The van der Waals surface area contributed by atoms with E-state index >= 15 is 0 Å². The van der Waals surface area contributed by atoms with Crippen molar-refractivity contribution >= 4 is 17.5 Å². The summed E-state index contributed by atoms with van der Waals surface area (Å²) in [6.45, 7) is 2.87. The third-order valence-corrected chi connectivity index (χ3v) is 5.14. The fourth-order valence-electron chi connectivity index (χ4n) is 3.66. The minimum absolute atomic E-state index is 0.0238. The van der Waals surface area contributed by atoms with E-state index in [4.69, 9.17) is 11.6 Å². The molecule has 5 nitrogen and oxygen atoms in total. The Morgan fingerprint density at radius 2 is 2.04 bits per heavy atom. The van der Waals surface area contributed by atoms with Gasteiger partial charge in [0.15, 0.2) is 0 Å². The number of hydrogen-bond acceptors (Lipinski definition) is 3. The maximum Gasteiger partial charge on any atom is 0.238 e. The SMILES string of the molecule is Cc1nn(-c2ccccc2)c(Cl)c1C1NC(=O)C2CCCCN21. The van der Waals surface area contributed by atoms with Gasteiger partial charge in [-0.1, -0.05) is 36.2 Å². The summed E-state index contributed by atoms with van der Waals surface area (Å²) in [6, 6.07) is 9.80. The molecule has 3 heterocycles. The van der Waals surface area contributed by atoms with Gasteiger partial charge in [0.2, 0.25) is 5.91 Å². The van der Waals surface area contributed by atoms with Gasteiger partial charge in [0.05, 0.1) is 17.4 Å². The summed E-state index contributed by atoms with van der Waals surface area (Å²) >= 11 is 6.65. The standard InChI is InChI=1S/C17H19ClN4O/c1-11-14(15(18)22(20-11)12-7-3-2-4-8-12)16-19-17(23)13-9-5-6-10-21(13)16/h2-4,7-8,13,16H,5-6,9-10H2,1H3,(H,19,23). The summed E-state index contributed by atoms with van der Waals surface area (Å²) in [4.78, 5) is 14.5. The molecule has 2 saturated heterocycles. The van der Waals surface area contributed by atoms with E-state index in [0.29, 0.717) is 5.15 Å². The number of para-hydroxylation sites is 1. The smallest absolute Gasteiger partial charge is 0.238 e.